The number of anilines is 1. The first kappa shape index (κ1) is 28.1. The minimum absolute atomic E-state index is 0.0682. The molecule has 2 aliphatic heterocycles. The number of hydrogen-bond acceptors (Lipinski definition) is 9. The number of likely N-dealkylation sites (tertiary alicyclic amines) is 2. The Morgan fingerprint density at radius 2 is 1.59 bits per heavy atom. The lowest BCUT2D eigenvalue weighted by molar-refractivity contribution is -0.384. The van der Waals surface area contributed by atoms with Crippen LogP contribution in [0.4, 0.5) is 11.4 Å². The Balaban J connectivity index is 1.66. The number of rotatable bonds is 8. The fourth-order valence-electron chi connectivity index (χ4n) is 4.82. The third-order valence-corrected chi connectivity index (χ3v) is 8.03. The number of nitro groups is 1. The van der Waals surface area contributed by atoms with Crippen molar-refractivity contribution >= 4 is 39.2 Å². The molecular weight excluding hydrogens is 530 g/mol. The van der Waals surface area contributed by atoms with Crippen LogP contribution in [0.2, 0.25) is 0 Å². The monoisotopic (exact) mass is 559 g/mol. The second-order valence-electron chi connectivity index (χ2n) is 9.39. The van der Waals surface area contributed by atoms with Gasteiger partial charge in [0.05, 0.1) is 22.1 Å². The molecule has 2 saturated heterocycles. The van der Waals surface area contributed by atoms with Gasteiger partial charge in [-0.15, -0.1) is 4.28 Å². The molecule has 2 fully saturated rings. The van der Waals surface area contributed by atoms with Crippen molar-refractivity contribution in [1.82, 2.24) is 9.80 Å². The summed E-state index contributed by atoms with van der Waals surface area (Å²) in [6, 6.07) is 8.59. The van der Waals surface area contributed by atoms with Gasteiger partial charge in [-0.2, -0.15) is 13.5 Å². The van der Waals surface area contributed by atoms with Crippen LogP contribution in [0.3, 0.4) is 0 Å². The van der Waals surface area contributed by atoms with E-state index in [0.717, 1.165) is 17.7 Å². The largest absolute Gasteiger partial charge is 0.330 e. The molecule has 0 radical (unpaired) electrons. The number of nitrogens with zero attached hydrogens (tertiary/aromatic N) is 4. The fourth-order valence-corrected chi connectivity index (χ4v) is 5.73. The van der Waals surface area contributed by atoms with Crippen LogP contribution >= 0.6 is 0 Å². The second-order valence-corrected chi connectivity index (χ2v) is 10.9. The van der Waals surface area contributed by atoms with E-state index in [1.165, 1.54) is 34.1 Å². The lowest BCUT2D eigenvalue weighted by atomic mass is 10.1. The van der Waals surface area contributed by atoms with Gasteiger partial charge in [0.2, 0.25) is 11.8 Å². The number of carbonyl (C=O) groups excluding carboxylic acids is 3. The molecule has 2 aromatic carbocycles. The SMILES string of the molecule is Cc1ccc(S(=O)(=O)ON(C(=O)[C@@H]2CCCN2C(=O)[C@@H]2CCCN2C(=O)CN)c2ccc([N+](=O)[O-])cc2)cc1. The number of nitrogens with two attached hydrogens (primary N) is 1. The Kier molecular flexibility index (Phi) is 8.28. The normalized spacial score (nSPS) is 19.2. The molecule has 0 unspecified atom stereocenters. The highest BCUT2D eigenvalue weighted by atomic mass is 32.2. The highest BCUT2D eigenvalue weighted by Crippen LogP contribution is 2.30. The maximum absolute atomic E-state index is 13.8. The second kappa shape index (κ2) is 11.5. The number of non-ortho nitro benzene ring substituents is 1. The Morgan fingerprint density at radius 3 is 2.18 bits per heavy atom. The molecule has 39 heavy (non-hydrogen) atoms. The maximum atomic E-state index is 13.8. The van der Waals surface area contributed by atoms with Crippen molar-refractivity contribution < 1.29 is 32.0 Å². The number of nitro benzene ring substituents is 1. The summed E-state index contributed by atoms with van der Waals surface area (Å²) in [5.41, 5.74) is 5.98. The van der Waals surface area contributed by atoms with Crippen molar-refractivity contribution in [2.24, 2.45) is 5.73 Å². The van der Waals surface area contributed by atoms with Gasteiger partial charge >= 0.3 is 10.1 Å². The van der Waals surface area contributed by atoms with E-state index >= 15 is 0 Å². The van der Waals surface area contributed by atoms with Crippen LogP contribution in [-0.2, 0) is 28.8 Å². The molecule has 0 bridgehead atoms. The zero-order valence-electron chi connectivity index (χ0n) is 21.3. The van der Waals surface area contributed by atoms with Crippen LogP contribution < -0.4 is 10.8 Å². The van der Waals surface area contributed by atoms with Crippen LogP contribution in [0.1, 0.15) is 31.2 Å². The number of carbonyl (C=O) groups is 3. The predicted molar refractivity (Wildman–Crippen MR) is 139 cm³/mol. The van der Waals surface area contributed by atoms with Gasteiger partial charge in [-0.1, -0.05) is 17.7 Å². The zero-order valence-corrected chi connectivity index (χ0v) is 22.1. The van der Waals surface area contributed by atoms with Crippen molar-refractivity contribution in [3.05, 3.63) is 64.2 Å². The minimum Gasteiger partial charge on any atom is -0.330 e. The number of hydrogen-bond donors (Lipinski definition) is 1. The molecule has 2 atom stereocenters. The summed E-state index contributed by atoms with van der Waals surface area (Å²) >= 11 is 0. The first-order valence-electron chi connectivity index (χ1n) is 12.4. The molecule has 4 rings (SSSR count). The van der Waals surface area contributed by atoms with Crippen LogP contribution in [0.15, 0.2) is 53.4 Å². The standard InChI is InChI=1S/C25H29N5O8S/c1-17-6-12-20(13-7-17)39(36,37)38-29(18-8-10-19(11-9-18)30(34)35)25(33)22-5-3-15-28(22)24(32)21-4-2-14-27(21)23(31)16-26/h6-13,21-22H,2-5,14-16,26H2,1H3/t21-,22-/m0/s1. The number of amides is 3. The van der Waals surface area contributed by atoms with E-state index in [0.29, 0.717) is 30.9 Å². The van der Waals surface area contributed by atoms with Crippen molar-refractivity contribution in [2.75, 3.05) is 24.7 Å². The average Bonchev–Trinajstić information content (AvgIpc) is 3.61. The topological polar surface area (TPSA) is 173 Å². The van der Waals surface area contributed by atoms with Gasteiger partial charge in [-0.05, 0) is 56.9 Å². The van der Waals surface area contributed by atoms with E-state index in [9.17, 15) is 32.9 Å². The van der Waals surface area contributed by atoms with E-state index in [1.807, 2.05) is 0 Å². The predicted octanol–water partition coefficient (Wildman–Crippen LogP) is 1.50. The summed E-state index contributed by atoms with van der Waals surface area (Å²) in [6.45, 7) is 2.15. The van der Waals surface area contributed by atoms with E-state index in [4.69, 9.17) is 10.0 Å². The van der Waals surface area contributed by atoms with Crippen molar-refractivity contribution in [2.45, 2.75) is 49.6 Å². The van der Waals surface area contributed by atoms with Crippen LogP contribution in [-0.4, -0.2) is 72.6 Å². The van der Waals surface area contributed by atoms with E-state index < -0.39 is 38.9 Å². The lowest BCUT2D eigenvalue weighted by Crippen LogP contribution is -2.54. The number of benzene rings is 2. The van der Waals surface area contributed by atoms with Gasteiger partial charge < -0.3 is 15.5 Å². The molecule has 13 nitrogen and oxygen atoms in total. The lowest BCUT2D eigenvalue weighted by Gasteiger charge is -2.32. The molecule has 0 spiro atoms. The zero-order chi connectivity index (χ0) is 28.3. The molecule has 2 aliphatic rings. The highest BCUT2D eigenvalue weighted by molar-refractivity contribution is 7.86. The van der Waals surface area contributed by atoms with E-state index in [-0.39, 0.29) is 41.7 Å². The van der Waals surface area contributed by atoms with Crippen molar-refractivity contribution in [1.29, 1.82) is 0 Å². The number of hydroxylamine groups is 1. The summed E-state index contributed by atoms with van der Waals surface area (Å²) in [6.07, 6.45) is 1.74. The summed E-state index contributed by atoms with van der Waals surface area (Å²) < 4.78 is 31.6. The molecule has 0 aromatic heterocycles. The summed E-state index contributed by atoms with van der Waals surface area (Å²) in [5.74, 6) is -1.62. The Morgan fingerprint density at radius 1 is 1.00 bits per heavy atom. The van der Waals surface area contributed by atoms with Gasteiger partial charge in [0.15, 0.2) is 0 Å². The molecule has 2 heterocycles. The summed E-state index contributed by atoms with van der Waals surface area (Å²) in [4.78, 5) is 52.6. The minimum atomic E-state index is -4.50. The Hall–Kier alpha value is -3.88. The third kappa shape index (κ3) is 5.92. The number of aryl methyl sites for hydroxylation is 1. The van der Waals surface area contributed by atoms with Gasteiger partial charge in [0.1, 0.15) is 12.1 Å². The molecule has 3 amide bonds. The summed E-state index contributed by atoms with van der Waals surface area (Å²) in [7, 11) is -4.50. The van der Waals surface area contributed by atoms with Crippen molar-refractivity contribution in [3.8, 4) is 0 Å². The van der Waals surface area contributed by atoms with Crippen molar-refractivity contribution in [3.63, 3.8) is 0 Å². The Labute approximate surface area is 225 Å². The fraction of sp³-hybridized carbons (Fsp3) is 0.400. The van der Waals surface area contributed by atoms with E-state index in [2.05, 4.69) is 0 Å². The maximum Gasteiger partial charge on any atom is 0.318 e. The first-order chi connectivity index (χ1) is 18.5. The van der Waals surface area contributed by atoms with Gasteiger partial charge in [-0.3, -0.25) is 24.5 Å². The van der Waals surface area contributed by atoms with Crippen LogP contribution in [0.25, 0.3) is 0 Å². The van der Waals surface area contributed by atoms with E-state index in [1.54, 1.807) is 19.1 Å². The molecule has 0 saturated carbocycles. The van der Waals surface area contributed by atoms with Crippen LogP contribution in [0, 0.1) is 17.0 Å². The molecule has 14 heteroatoms. The quantitative estimate of drug-likeness (QED) is 0.371. The molecule has 208 valence electrons. The highest BCUT2D eigenvalue weighted by Gasteiger charge is 2.44. The Bertz CT molecular complexity index is 1360. The third-order valence-electron chi connectivity index (χ3n) is 6.83. The molecule has 0 aliphatic carbocycles. The first-order valence-corrected chi connectivity index (χ1v) is 13.8. The molecular formula is C25H29N5O8S. The summed E-state index contributed by atoms with van der Waals surface area (Å²) in [5, 5.41) is 11.7. The molecule has 2 aromatic rings. The van der Waals surface area contributed by atoms with Gasteiger partial charge in [-0.25, -0.2) is 0 Å². The smallest absolute Gasteiger partial charge is 0.318 e. The van der Waals surface area contributed by atoms with Crippen LogP contribution in [0.5, 0.6) is 0 Å². The average molecular weight is 560 g/mol. The van der Waals surface area contributed by atoms with Gasteiger partial charge in [0.25, 0.3) is 11.6 Å². The molecule has 2 N–H and O–H groups in total. The van der Waals surface area contributed by atoms with Gasteiger partial charge in [0, 0.05) is 25.2 Å².